The van der Waals surface area contributed by atoms with Crippen LogP contribution in [0.25, 0.3) is 0 Å². The third kappa shape index (κ3) is 3.42. The molecule has 1 aromatic rings. The molecule has 1 aliphatic carbocycles. The van der Waals surface area contributed by atoms with E-state index in [0.29, 0.717) is 18.5 Å². The summed E-state index contributed by atoms with van der Waals surface area (Å²) in [5.74, 6) is 0.690. The van der Waals surface area contributed by atoms with E-state index in [-0.39, 0.29) is 0 Å². The van der Waals surface area contributed by atoms with Gasteiger partial charge >= 0.3 is 0 Å². The molecule has 0 aliphatic heterocycles. The Kier molecular flexibility index (Phi) is 4.87. The number of hydrogen-bond acceptors (Lipinski definition) is 2. The molecule has 0 heterocycles. The Bertz CT molecular complexity index is 437. The van der Waals surface area contributed by atoms with Crippen LogP contribution < -0.4 is 5.73 Å². The van der Waals surface area contributed by atoms with Crippen LogP contribution in [0.4, 0.5) is 0 Å². The summed E-state index contributed by atoms with van der Waals surface area (Å²) in [5, 5.41) is 0. The van der Waals surface area contributed by atoms with Gasteiger partial charge in [0.1, 0.15) is 0 Å². The highest BCUT2D eigenvalue weighted by molar-refractivity contribution is 5.40. The third-order valence-corrected chi connectivity index (χ3v) is 4.29. The topological polar surface area (TPSA) is 29.3 Å². The summed E-state index contributed by atoms with van der Waals surface area (Å²) in [4.78, 5) is 2.66. The van der Waals surface area contributed by atoms with E-state index in [4.69, 9.17) is 5.73 Å². The maximum Gasteiger partial charge on any atom is 0.0478 e. The van der Waals surface area contributed by atoms with Gasteiger partial charge in [0.05, 0.1) is 0 Å². The van der Waals surface area contributed by atoms with Crippen LogP contribution in [0.15, 0.2) is 12.1 Å². The summed E-state index contributed by atoms with van der Waals surface area (Å²) in [7, 11) is 0. The SMILES string of the molecule is Cc1cc(C)c(C(CN)N(CC(C)C)C2CC2)c(C)c1. The summed E-state index contributed by atoms with van der Waals surface area (Å²) >= 11 is 0. The lowest BCUT2D eigenvalue weighted by atomic mass is 9.92. The first-order valence-corrected chi connectivity index (χ1v) is 7.97. The average Bonchev–Trinajstić information content (AvgIpc) is 3.14. The number of nitrogens with zero attached hydrogens (tertiary/aromatic N) is 1. The van der Waals surface area contributed by atoms with E-state index < -0.39 is 0 Å². The van der Waals surface area contributed by atoms with Gasteiger partial charge in [-0.1, -0.05) is 31.5 Å². The molecule has 1 atom stereocenters. The first-order chi connectivity index (χ1) is 9.43. The standard InChI is InChI=1S/C18H30N2/c1-12(2)11-20(16-6-7-16)17(10-19)18-14(4)8-13(3)9-15(18)5/h8-9,12,16-17H,6-7,10-11,19H2,1-5H3. The zero-order chi connectivity index (χ0) is 14.9. The predicted molar refractivity (Wildman–Crippen MR) is 87.0 cm³/mol. The van der Waals surface area contributed by atoms with Crippen molar-refractivity contribution < 1.29 is 0 Å². The maximum atomic E-state index is 6.18. The molecule has 0 saturated heterocycles. The first-order valence-electron chi connectivity index (χ1n) is 7.97. The molecule has 1 fully saturated rings. The zero-order valence-electron chi connectivity index (χ0n) is 13.7. The van der Waals surface area contributed by atoms with E-state index >= 15 is 0 Å². The van der Waals surface area contributed by atoms with Crippen molar-refractivity contribution in [1.82, 2.24) is 4.90 Å². The minimum atomic E-state index is 0.380. The van der Waals surface area contributed by atoms with Gasteiger partial charge in [-0.2, -0.15) is 0 Å². The normalized spacial score (nSPS) is 17.0. The minimum absolute atomic E-state index is 0.380. The molecule has 0 amide bonds. The maximum absolute atomic E-state index is 6.18. The van der Waals surface area contributed by atoms with E-state index in [0.717, 1.165) is 12.6 Å². The quantitative estimate of drug-likeness (QED) is 0.856. The van der Waals surface area contributed by atoms with Crippen LogP contribution in [0.5, 0.6) is 0 Å². The van der Waals surface area contributed by atoms with Crippen LogP contribution in [-0.4, -0.2) is 24.0 Å². The van der Waals surface area contributed by atoms with Gasteiger partial charge in [0.2, 0.25) is 0 Å². The van der Waals surface area contributed by atoms with E-state index in [1.807, 2.05) is 0 Å². The van der Waals surface area contributed by atoms with E-state index in [1.54, 1.807) is 0 Å². The van der Waals surface area contributed by atoms with Crippen LogP contribution >= 0.6 is 0 Å². The molecule has 2 heteroatoms. The van der Waals surface area contributed by atoms with Crippen molar-refractivity contribution in [2.75, 3.05) is 13.1 Å². The molecule has 0 radical (unpaired) electrons. The number of hydrogen-bond donors (Lipinski definition) is 1. The van der Waals surface area contributed by atoms with Crippen LogP contribution in [0, 0.1) is 26.7 Å². The lowest BCUT2D eigenvalue weighted by molar-refractivity contribution is 0.168. The van der Waals surface area contributed by atoms with Crippen molar-refractivity contribution in [1.29, 1.82) is 0 Å². The molecule has 1 saturated carbocycles. The average molecular weight is 274 g/mol. The fourth-order valence-corrected chi connectivity index (χ4v) is 3.49. The Morgan fingerprint density at radius 2 is 1.70 bits per heavy atom. The van der Waals surface area contributed by atoms with Crippen LogP contribution in [-0.2, 0) is 0 Å². The van der Waals surface area contributed by atoms with Crippen molar-refractivity contribution >= 4 is 0 Å². The number of nitrogens with two attached hydrogens (primary N) is 1. The lowest BCUT2D eigenvalue weighted by Gasteiger charge is -2.34. The first kappa shape index (κ1) is 15.5. The van der Waals surface area contributed by atoms with Gasteiger partial charge in [0, 0.05) is 25.2 Å². The molecule has 0 bridgehead atoms. The molecule has 112 valence electrons. The van der Waals surface area contributed by atoms with Gasteiger partial charge in [0.15, 0.2) is 0 Å². The monoisotopic (exact) mass is 274 g/mol. The van der Waals surface area contributed by atoms with Crippen LogP contribution in [0.2, 0.25) is 0 Å². The highest BCUT2D eigenvalue weighted by atomic mass is 15.2. The smallest absolute Gasteiger partial charge is 0.0478 e. The molecule has 2 N–H and O–H groups in total. The van der Waals surface area contributed by atoms with Gasteiger partial charge < -0.3 is 5.73 Å². The highest BCUT2D eigenvalue weighted by Crippen LogP contribution is 2.37. The van der Waals surface area contributed by atoms with Gasteiger partial charge in [0.25, 0.3) is 0 Å². The van der Waals surface area contributed by atoms with E-state index in [2.05, 4.69) is 51.7 Å². The second-order valence-corrected chi connectivity index (χ2v) is 6.89. The fraction of sp³-hybridized carbons (Fsp3) is 0.667. The Balaban J connectivity index is 2.35. The minimum Gasteiger partial charge on any atom is -0.329 e. The van der Waals surface area contributed by atoms with Gasteiger partial charge in [-0.05, 0) is 56.2 Å². The second kappa shape index (κ2) is 6.28. The van der Waals surface area contributed by atoms with Crippen molar-refractivity contribution in [3.8, 4) is 0 Å². The van der Waals surface area contributed by atoms with E-state index in [1.165, 1.54) is 35.1 Å². The summed E-state index contributed by atoms with van der Waals surface area (Å²) in [6.45, 7) is 13.1. The number of rotatable bonds is 6. The van der Waals surface area contributed by atoms with Crippen molar-refractivity contribution in [3.63, 3.8) is 0 Å². The van der Waals surface area contributed by atoms with Crippen LogP contribution in [0.1, 0.15) is 55.0 Å². The molecule has 1 aliphatic rings. The molecular formula is C18H30N2. The Morgan fingerprint density at radius 1 is 1.15 bits per heavy atom. The number of aryl methyl sites for hydroxylation is 3. The van der Waals surface area contributed by atoms with Gasteiger partial charge in [-0.15, -0.1) is 0 Å². The number of benzene rings is 1. The Hall–Kier alpha value is -0.860. The second-order valence-electron chi connectivity index (χ2n) is 6.89. The molecular weight excluding hydrogens is 244 g/mol. The van der Waals surface area contributed by atoms with Crippen molar-refractivity contribution in [2.24, 2.45) is 11.7 Å². The molecule has 0 aromatic heterocycles. The van der Waals surface area contributed by atoms with Crippen molar-refractivity contribution in [2.45, 2.75) is 59.5 Å². The Morgan fingerprint density at radius 3 is 2.10 bits per heavy atom. The zero-order valence-corrected chi connectivity index (χ0v) is 13.7. The predicted octanol–water partition coefficient (Wildman–Crippen LogP) is 3.73. The third-order valence-electron chi connectivity index (χ3n) is 4.29. The molecule has 0 spiro atoms. The molecule has 2 rings (SSSR count). The molecule has 2 nitrogen and oxygen atoms in total. The largest absolute Gasteiger partial charge is 0.329 e. The lowest BCUT2D eigenvalue weighted by Crippen LogP contribution is -2.38. The summed E-state index contributed by atoms with van der Waals surface area (Å²) in [6.07, 6.45) is 2.68. The van der Waals surface area contributed by atoms with Gasteiger partial charge in [-0.3, -0.25) is 4.90 Å². The molecule has 20 heavy (non-hydrogen) atoms. The summed E-state index contributed by atoms with van der Waals surface area (Å²) in [5.41, 5.74) is 11.8. The summed E-state index contributed by atoms with van der Waals surface area (Å²) in [6, 6.07) is 5.73. The fourth-order valence-electron chi connectivity index (χ4n) is 3.49. The van der Waals surface area contributed by atoms with Gasteiger partial charge in [-0.25, -0.2) is 0 Å². The molecule has 1 aromatic carbocycles. The molecule has 1 unspecified atom stereocenters. The van der Waals surface area contributed by atoms with Crippen molar-refractivity contribution in [3.05, 3.63) is 34.4 Å². The van der Waals surface area contributed by atoms with E-state index in [9.17, 15) is 0 Å². The summed E-state index contributed by atoms with van der Waals surface area (Å²) < 4.78 is 0. The highest BCUT2D eigenvalue weighted by Gasteiger charge is 2.35. The van der Waals surface area contributed by atoms with Crippen LogP contribution in [0.3, 0.4) is 0 Å². The Labute approximate surface area is 124 Å².